The van der Waals surface area contributed by atoms with Gasteiger partial charge in [-0.1, -0.05) is 24.6 Å². The molecule has 1 aliphatic carbocycles. The Hall–Kier alpha value is -1.03. The van der Waals surface area contributed by atoms with E-state index in [-0.39, 0.29) is 5.25 Å². The number of hydrogen-bond acceptors (Lipinski definition) is 3. The van der Waals surface area contributed by atoms with Crippen LogP contribution in [-0.4, -0.2) is 26.0 Å². The van der Waals surface area contributed by atoms with E-state index in [4.69, 9.17) is 0 Å². The fourth-order valence-electron chi connectivity index (χ4n) is 4.17. The Morgan fingerprint density at radius 2 is 1.90 bits per heavy atom. The Kier molecular flexibility index (Phi) is 4.00. The lowest BCUT2D eigenvalue weighted by atomic mass is 9.72. The number of benzene rings is 1. The molecule has 2 aliphatic rings. The highest BCUT2D eigenvalue weighted by Gasteiger charge is 2.36. The summed E-state index contributed by atoms with van der Waals surface area (Å²) in [6, 6.07) is 8.99. The second kappa shape index (κ2) is 5.64. The molecular formula is C17H25NO2S. The van der Waals surface area contributed by atoms with Gasteiger partial charge < -0.3 is 5.32 Å². The van der Waals surface area contributed by atoms with Crippen molar-refractivity contribution in [3.8, 4) is 0 Å². The second-order valence-electron chi connectivity index (χ2n) is 6.85. The highest BCUT2D eigenvalue weighted by atomic mass is 32.2. The lowest BCUT2D eigenvalue weighted by molar-refractivity contribution is 0.286. The molecule has 0 aromatic heterocycles. The van der Waals surface area contributed by atoms with Crippen LogP contribution in [0.15, 0.2) is 24.3 Å². The standard InChI is InChI=1S/C17H25NO2S/c1-12-10-16(15-8-3-4-9-17(15)18-12)13-6-5-7-14(11-13)21(2,19)20/h3-4,8-9,12-14,16,18H,5-7,10-11H2,1-2H3. The zero-order chi connectivity index (χ0) is 15.0. The van der Waals surface area contributed by atoms with Gasteiger partial charge in [0.15, 0.2) is 0 Å². The molecule has 1 heterocycles. The number of rotatable bonds is 2. The van der Waals surface area contributed by atoms with Crippen molar-refractivity contribution in [2.45, 2.75) is 56.2 Å². The Bertz CT molecular complexity index is 611. The van der Waals surface area contributed by atoms with Crippen LogP contribution < -0.4 is 5.32 Å². The van der Waals surface area contributed by atoms with Crippen molar-refractivity contribution < 1.29 is 8.42 Å². The largest absolute Gasteiger partial charge is 0.382 e. The summed E-state index contributed by atoms with van der Waals surface area (Å²) in [6.07, 6.45) is 6.40. The summed E-state index contributed by atoms with van der Waals surface area (Å²) in [4.78, 5) is 0. The number of para-hydroxylation sites is 1. The Morgan fingerprint density at radius 1 is 1.14 bits per heavy atom. The van der Waals surface area contributed by atoms with Crippen LogP contribution in [0.2, 0.25) is 0 Å². The SMILES string of the molecule is CC1CC(C2CCCC(S(C)(=O)=O)C2)c2ccccc2N1. The molecule has 1 aliphatic heterocycles. The van der Waals surface area contributed by atoms with Crippen molar-refractivity contribution in [2.24, 2.45) is 5.92 Å². The number of fused-ring (bicyclic) bond motifs is 1. The summed E-state index contributed by atoms with van der Waals surface area (Å²) in [6.45, 7) is 2.22. The molecule has 0 spiro atoms. The minimum Gasteiger partial charge on any atom is -0.382 e. The molecule has 4 heteroatoms. The third-order valence-electron chi connectivity index (χ3n) is 5.21. The lowest BCUT2D eigenvalue weighted by Gasteiger charge is -2.39. The summed E-state index contributed by atoms with van der Waals surface area (Å²) in [5, 5.41) is 3.42. The third-order valence-corrected chi connectivity index (χ3v) is 6.85. The highest BCUT2D eigenvalue weighted by molar-refractivity contribution is 7.91. The molecule has 4 unspecified atom stereocenters. The maximum atomic E-state index is 11.9. The molecule has 21 heavy (non-hydrogen) atoms. The van der Waals surface area contributed by atoms with Gasteiger partial charge in [0.2, 0.25) is 0 Å². The number of hydrogen-bond donors (Lipinski definition) is 1. The van der Waals surface area contributed by atoms with Crippen molar-refractivity contribution in [1.82, 2.24) is 0 Å². The second-order valence-corrected chi connectivity index (χ2v) is 9.18. The quantitative estimate of drug-likeness (QED) is 0.908. The molecule has 1 aromatic carbocycles. The minimum absolute atomic E-state index is 0.131. The van der Waals surface area contributed by atoms with Crippen molar-refractivity contribution >= 4 is 15.5 Å². The van der Waals surface area contributed by atoms with E-state index in [1.54, 1.807) is 0 Å². The third kappa shape index (κ3) is 3.10. The first-order valence-corrected chi connectivity index (χ1v) is 9.95. The number of nitrogens with one attached hydrogen (secondary N) is 1. The average molecular weight is 307 g/mol. The molecule has 1 N–H and O–H groups in total. The van der Waals surface area contributed by atoms with Crippen LogP contribution in [0.4, 0.5) is 5.69 Å². The molecule has 1 saturated carbocycles. The normalized spacial score (nSPS) is 33.0. The first-order chi connectivity index (χ1) is 9.95. The maximum Gasteiger partial charge on any atom is 0.150 e. The Morgan fingerprint density at radius 3 is 2.67 bits per heavy atom. The van der Waals surface area contributed by atoms with Gasteiger partial charge in [0, 0.05) is 18.0 Å². The molecule has 1 fully saturated rings. The summed E-state index contributed by atoms with van der Waals surface area (Å²) in [5.74, 6) is 1.01. The van der Waals surface area contributed by atoms with Gasteiger partial charge in [0.1, 0.15) is 9.84 Å². The molecule has 0 radical (unpaired) electrons. The van der Waals surface area contributed by atoms with Crippen LogP contribution in [0.1, 0.15) is 50.5 Å². The minimum atomic E-state index is -2.90. The molecule has 116 valence electrons. The van der Waals surface area contributed by atoms with Gasteiger partial charge in [-0.2, -0.15) is 0 Å². The highest BCUT2D eigenvalue weighted by Crippen LogP contribution is 2.45. The zero-order valence-corrected chi connectivity index (χ0v) is 13.7. The summed E-state index contributed by atoms with van der Waals surface area (Å²) in [5.41, 5.74) is 2.62. The molecular weight excluding hydrogens is 282 g/mol. The van der Waals surface area contributed by atoms with Crippen molar-refractivity contribution in [3.05, 3.63) is 29.8 Å². The van der Waals surface area contributed by atoms with Gasteiger partial charge in [-0.05, 0) is 56.1 Å². The van der Waals surface area contributed by atoms with E-state index in [9.17, 15) is 8.42 Å². The number of sulfone groups is 1. The predicted molar refractivity (Wildman–Crippen MR) is 87.5 cm³/mol. The summed E-state index contributed by atoms with van der Waals surface area (Å²) < 4.78 is 23.8. The van der Waals surface area contributed by atoms with Crippen LogP contribution in [-0.2, 0) is 9.84 Å². The fraction of sp³-hybridized carbons (Fsp3) is 0.647. The van der Waals surface area contributed by atoms with Gasteiger partial charge in [-0.25, -0.2) is 8.42 Å². The van der Waals surface area contributed by atoms with Crippen LogP contribution in [0.3, 0.4) is 0 Å². The van der Waals surface area contributed by atoms with E-state index in [1.165, 1.54) is 17.5 Å². The van der Waals surface area contributed by atoms with Gasteiger partial charge in [-0.15, -0.1) is 0 Å². The van der Waals surface area contributed by atoms with E-state index in [0.29, 0.717) is 17.9 Å². The Balaban J connectivity index is 1.86. The smallest absolute Gasteiger partial charge is 0.150 e. The molecule has 0 amide bonds. The topological polar surface area (TPSA) is 46.2 Å². The van der Waals surface area contributed by atoms with Crippen molar-refractivity contribution in [2.75, 3.05) is 11.6 Å². The van der Waals surface area contributed by atoms with Crippen LogP contribution in [0.5, 0.6) is 0 Å². The van der Waals surface area contributed by atoms with Crippen molar-refractivity contribution in [1.29, 1.82) is 0 Å². The first-order valence-electron chi connectivity index (χ1n) is 7.99. The van der Waals surface area contributed by atoms with E-state index < -0.39 is 9.84 Å². The van der Waals surface area contributed by atoms with E-state index in [0.717, 1.165) is 32.1 Å². The zero-order valence-electron chi connectivity index (χ0n) is 12.9. The molecule has 1 aromatic rings. The fourth-order valence-corrected chi connectivity index (χ4v) is 5.36. The van der Waals surface area contributed by atoms with E-state index >= 15 is 0 Å². The van der Waals surface area contributed by atoms with Crippen LogP contribution in [0, 0.1) is 5.92 Å². The maximum absolute atomic E-state index is 11.9. The van der Waals surface area contributed by atoms with Gasteiger partial charge in [0.05, 0.1) is 5.25 Å². The van der Waals surface area contributed by atoms with Gasteiger partial charge >= 0.3 is 0 Å². The molecule has 3 rings (SSSR count). The van der Waals surface area contributed by atoms with E-state index in [1.807, 2.05) is 0 Å². The first kappa shape index (κ1) is 14.9. The summed E-state index contributed by atoms with van der Waals surface area (Å²) in [7, 11) is -2.90. The number of anilines is 1. The van der Waals surface area contributed by atoms with Crippen molar-refractivity contribution in [3.63, 3.8) is 0 Å². The summed E-state index contributed by atoms with van der Waals surface area (Å²) >= 11 is 0. The monoisotopic (exact) mass is 307 g/mol. The lowest BCUT2D eigenvalue weighted by Crippen LogP contribution is -2.34. The molecule has 4 atom stereocenters. The van der Waals surface area contributed by atoms with E-state index in [2.05, 4.69) is 36.5 Å². The van der Waals surface area contributed by atoms with Gasteiger partial charge in [-0.3, -0.25) is 0 Å². The van der Waals surface area contributed by atoms with Crippen LogP contribution in [0.25, 0.3) is 0 Å². The van der Waals surface area contributed by atoms with Gasteiger partial charge in [0.25, 0.3) is 0 Å². The molecule has 0 saturated heterocycles. The Labute approximate surface area is 128 Å². The molecule has 3 nitrogen and oxygen atoms in total. The predicted octanol–water partition coefficient (Wildman–Crippen LogP) is 3.58. The molecule has 0 bridgehead atoms. The van der Waals surface area contributed by atoms with Crippen LogP contribution >= 0.6 is 0 Å². The average Bonchev–Trinajstić information content (AvgIpc) is 2.45.